The Kier molecular flexibility index (Phi) is 4.29. The van der Waals surface area contributed by atoms with Crippen LogP contribution in [0.5, 0.6) is 5.75 Å². The number of aromatic nitrogens is 1. The molecule has 6 heteroatoms. The van der Waals surface area contributed by atoms with Gasteiger partial charge in [0.15, 0.2) is 0 Å². The Labute approximate surface area is 137 Å². The Bertz CT molecular complexity index is 949. The summed E-state index contributed by atoms with van der Waals surface area (Å²) in [6, 6.07) is 11.0. The molecule has 0 unspecified atom stereocenters. The average molecular weight is 326 g/mol. The zero-order chi connectivity index (χ0) is 17.1. The predicted molar refractivity (Wildman–Crippen MR) is 88.7 cm³/mol. The molecule has 0 atom stereocenters. The van der Waals surface area contributed by atoms with E-state index in [-0.39, 0.29) is 17.5 Å². The van der Waals surface area contributed by atoms with E-state index in [0.29, 0.717) is 5.52 Å². The lowest BCUT2D eigenvalue weighted by Crippen LogP contribution is -2.28. The average Bonchev–Trinajstić information content (AvgIpc) is 2.61. The number of benzene rings is 2. The molecule has 1 amide bonds. The number of rotatable bonds is 4. The van der Waals surface area contributed by atoms with Crippen LogP contribution in [0.2, 0.25) is 0 Å². The fourth-order valence-electron chi connectivity index (χ4n) is 2.38. The van der Waals surface area contributed by atoms with Crippen molar-refractivity contribution in [3.05, 3.63) is 75.8 Å². The molecule has 1 heterocycles. The molecule has 24 heavy (non-hydrogen) atoms. The lowest BCUT2D eigenvalue weighted by molar-refractivity contribution is 0.0949. The van der Waals surface area contributed by atoms with E-state index in [9.17, 15) is 14.0 Å². The second-order valence-corrected chi connectivity index (χ2v) is 5.25. The van der Waals surface area contributed by atoms with Crippen LogP contribution in [-0.2, 0) is 6.54 Å². The third-order valence-corrected chi connectivity index (χ3v) is 3.70. The molecule has 0 fully saturated rings. The van der Waals surface area contributed by atoms with E-state index in [4.69, 9.17) is 4.74 Å². The molecular weight excluding hydrogens is 311 g/mol. The summed E-state index contributed by atoms with van der Waals surface area (Å²) in [7, 11) is 1.58. The summed E-state index contributed by atoms with van der Waals surface area (Å²) in [6.07, 6.45) is 1.34. The second kappa shape index (κ2) is 6.54. The first-order valence-corrected chi connectivity index (χ1v) is 7.30. The number of pyridine rings is 1. The highest BCUT2D eigenvalue weighted by atomic mass is 19.1. The summed E-state index contributed by atoms with van der Waals surface area (Å²) < 4.78 is 18.4. The van der Waals surface area contributed by atoms with Crippen LogP contribution >= 0.6 is 0 Å². The van der Waals surface area contributed by atoms with Crippen molar-refractivity contribution in [2.75, 3.05) is 7.11 Å². The quantitative estimate of drug-likeness (QED) is 0.774. The molecule has 3 aromatic rings. The predicted octanol–water partition coefficient (Wildman–Crippen LogP) is 2.61. The molecule has 0 saturated carbocycles. The number of aromatic amines is 1. The fourth-order valence-corrected chi connectivity index (χ4v) is 2.38. The van der Waals surface area contributed by atoms with Gasteiger partial charge in [0.2, 0.25) is 5.43 Å². The molecule has 0 bridgehead atoms. The Balaban J connectivity index is 1.80. The van der Waals surface area contributed by atoms with Crippen LogP contribution < -0.4 is 15.5 Å². The van der Waals surface area contributed by atoms with Crippen molar-refractivity contribution in [2.24, 2.45) is 0 Å². The van der Waals surface area contributed by atoms with Crippen molar-refractivity contribution in [3.63, 3.8) is 0 Å². The van der Waals surface area contributed by atoms with E-state index < -0.39 is 17.2 Å². The van der Waals surface area contributed by atoms with E-state index in [0.717, 1.165) is 17.4 Å². The number of hydrogen-bond donors (Lipinski definition) is 2. The zero-order valence-corrected chi connectivity index (χ0v) is 12.9. The number of fused-ring (bicyclic) bond motifs is 1. The van der Waals surface area contributed by atoms with Gasteiger partial charge in [-0.3, -0.25) is 9.59 Å². The SMILES string of the molecule is COc1ccc(CNC(=O)c2c[nH]c3ccc(F)cc3c2=O)cc1. The third-order valence-electron chi connectivity index (χ3n) is 3.70. The van der Waals surface area contributed by atoms with Crippen molar-refractivity contribution in [1.29, 1.82) is 0 Å². The molecule has 0 spiro atoms. The lowest BCUT2D eigenvalue weighted by atomic mass is 10.1. The number of carbonyl (C=O) groups is 1. The number of carbonyl (C=O) groups excluding carboxylic acids is 1. The van der Waals surface area contributed by atoms with Crippen molar-refractivity contribution in [1.82, 2.24) is 10.3 Å². The number of amides is 1. The minimum absolute atomic E-state index is 0.0541. The van der Waals surface area contributed by atoms with Gasteiger partial charge in [0, 0.05) is 23.6 Å². The van der Waals surface area contributed by atoms with Gasteiger partial charge in [0.1, 0.15) is 17.1 Å². The Hall–Kier alpha value is -3.15. The van der Waals surface area contributed by atoms with Crippen molar-refractivity contribution >= 4 is 16.8 Å². The molecule has 0 radical (unpaired) electrons. The maximum Gasteiger partial charge on any atom is 0.257 e. The molecule has 0 aliphatic heterocycles. The Morgan fingerprint density at radius 2 is 1.96 bits per heavy atom. The van der Waals surface area contributed by atoms with E-state index in [1.807, 2.05) is 12.1 Å². The minimum Gasteiger partial charge on any atom is -0.497 e. The van der Waals surface area contributed by atoms with E-state index in [2.05, 4.69) is 10.3 Å². The number of ether oxygens (including phenoxy) is 1. The summed E-state index contributed by atoms with van der Waals surface area (Å²) in [6.45, 7) is 0.267. The molecule has 1 aromatic heterocycles. The van der Waals surface area contributed by atoms with Crippen molar-refractivity contribution in [2.45, 2.75) is 6.54 Å². The highest BCUT2D eigenvalue weighted by Gasteiger charge is 2.13. The summed E-state index contributed by atoms with van der Waals surface area (Å²) in [5.41, 5.74) is 0.789. The number of H-pyrrole nitrogens is 1. The van der Waals surface area contributed by atoms with Gasteiger partial charge in [0.05, 0.1) is 7.11 Å². The van der Waals surface area contributed by atoms with E-state index in [1.165, 1.54) is 18.3 Å². The molecule has 0 saturated heterocycles. The fraction of sp³-hybridized carbons (Fsp3) is 0.111. The highest BCUT2D eigenvalue weighted by molar-refractivity contribution is 5.97. The lowest BCUT2D eigenvalue weighted by Gasteiger charge is -2.07. The Morgan fingerprint density at radius 3 is 2.67 bits per heavy atom. The maximum absolute atomic E-state index is 13.3. The molecule has 2 N–H and O–H groups in total. The molecule has 2 aromatic carbocycles. The van der Waals surface area contributed by atoms with Crippen LogP contribution in [0.1, 0.15) is 15.9 Å². The van der Waals surface area contributed by atoms with Gasteiger partial charge < -0.3 is 15.0 Å². The summed E-state index contributed by atoms with van der Waals surface area (Å²) in [5.74, 6) is -0.319. The van der Waals surface area contributed by atoms with Crippen LogP contribution in [0, 0.1) is 5.82 Å². The topological polar surface area (TPSA) is 71.2 Å². The van der Waals surface area contributed by atoms with Gasteiger partial charge in [-0.1, -0.05) is 12.1 Å². The minimum atomic E-state index is -0.524. The number of hydrogen-bond acceptors (Lipinski definition) is 3. The Morgan fingerprint density at radius 1 is 1.21 bits per heavy atom. The standard InChI is InChI=1S/C18H15FN2O3/c1-24-13-5-2-11(3-6-13)9-21-18(23)15-10-20-16-7-4-12(19)8-14(16)17(15)22/h2-8,10H,9H2,1H3,(H,20,22)(H,21,23). The van der Waals surface area contributed by atoms with Gasteiger partial charge >= 0.3 is 0 Å². The highest BCUT2D eigenvalue weighted by Crippen LogP contribution is 2.12. The second-order valence-electron chi connectivity index (χ2n) is 5.25. The monoisotopic (exact) mass is 326 g/mol. The first-order valence-electron chi connectivity index (χ1n) is 7.30. The van der Waals surface area contributed by atoms with Crippen LogP contribution in [0.25, 0.3) is 10.9 Å². The van der Waals surface area contributed by atoms with Crippen LogP contribution in [-0.4, -0.2) is 18.0 Å². The molecule has 122 valence electrons. The molecule has 0 aliphatic rings. The molecule has 0 aliphatic carbocycles. The molecule has 3 rings (SSSR count). The van der Waals surface area contributed by atoms with Gasteiger partial charge in [-0.15, -0.1) is 0 Å². The van der Waals surface area contributed by atoms with Crippen molar-refractivity contribution < 1.29 is 13.9 Å². The molecule has 5 nitrogen and oxygen atoms in total. The molecular formula is C18H15FN2O3. The number of nitrogens with one attached hydrogen (secondary N) is 2. The number of methoxy groups -OCH3 is 1. The van der Waals surface area contributed by atoms with Gasteiger partial charge in [-0.25, -0.2) is 4.39 Å². The first-order chi connectivity index (χ1) is 11.6. The van der Waals surface area contributed by atoms with Gasteiger partial charge in [0.25, 0.3) is 5.91 Å². The smallest absolute Gasteiger partial charge is 0.257 e. The van der Waals surface area contributed by atoms with Crippen LogP contribution in [0.15, 0.2) is 53.5 Å². The maximum atomic E-state index is 13.3. The van der Waals surface area contributed by atoms with Gasteiger partial charge in [-0.05, 0) is 35.9 Å². The van der Waals surface area contributed by atoms with Crippen LogP contribution in [0.4, 0.5) is 4.39 Å². The van der Waals surface area contributed by atoms with E-state index >= 15 is 0 Å². The third kappa shape index (κ3) is 3.12. The summed E-state index contributed by atoms with van der Waals surface area (Å²) >= 11 is 0. The largest absolute Gasteiger partial charge is 0.497 e. The normalized spacial score (nSPS) is 10.6. The zero-order valence-electron chi connectivity index (χ0n) is 12.9. The summed E-state index contributed by atoms with van der Waals surface area (Å²) in [4.78, 5) is 27.4. The first kappa shape index (κ1) is 15.7. The summed E-state index contributed by atoms with van der Waals surface area (Å²) in [5, 5.41) is 2.82. The van der Waals surface area contributed by atoms with Crippen LogP contribution in [0.3, 0.4) is 0 Å². The van der Waals surface area contributed by atoms with Crippen molar-refractivity contribution in [3.8, 4) is 5.75 Å². The van der Waals surface area contributed by atoms with Gasteiger partial charge in [-0.2, -0.15) is 0 Å². The van der Waals surface area contributed by atoms with E-state index in [1.54, 1.807) is 19.2 Å². The number of halogens is 1.